The third-order valence-corrected chi connectivity index (χ3v) is 5.96. The summed E-state index contributed by atoms with van der Waals surface area (Å²) < 4.78 is 10.8. The van der Waals surface area contributed by atoms with E-state index >= 15 is 0 Å². The van der Waals surface area contributed by atoms with Crippen LogP contribution < -0.4 is 10.6 Å². The highest BCUT2D eigenvalue weighted by Gasteiger charge is 2.39. The summed E-state index contributed by atoms with van der Waals surface area (Å²) in [7, 11) is 0. The van der Waals surface area contributed by atoms with Gasteiger partial charge in [-0.15, -0.1) is 6.42 Å². The van der Waals surface area contributed by atoms with Gasteiger partial charge in [0.2, 0.25) is 11.8 Å². The highest BCUT2D eigenvalue weighted by atomic mass is 16.6. The maximum Gasteiger partial charge on any atom is 0.408 e. The average molecular weight is 605 g/mol. The third-order valence-electron chi connectivity index (χ3n) is 5.96. The van der Waals surface area contributed by atoms with E-state index in [-0.39, 0.29) is 17.5 Å². The second-order valence-corrected chi connectivity index (χ2v) is 11.9. The molecule has 2 aromatic carbocycles. The fraction of sp³-hybridized carbons (Fsp3) is 0.424. The van der Waals surface area contributed by atoms with Crippen molar-refractivity contribution in [3.05, 3.63) is 71.3 Å². The van der Waals surface area contributed by atoms with Gasteiger partial charge in [-0.1, -0.05) is 54.5 Å². The summed E-state index contributed by atoms with van der Waals surface area (Å²) in [6.45, 7) is 8.46. The zero-order valence-corrected chi connectivity index (χ0v) is 25.9. The molecule has 44 heavy (non-hydrogen) atoms. The molecule has 0 radical (unpaired) electrons. The van der Waals surface area contributed by atoms with Gasteiger partial charge in [0.25, 0.3) is 0 Å². The standard InChI is InChI=1S/C33H40N4O7/c1-8-23-16-12-13-17-24(23)27(37(19-18-34)29(40)26(21-38)36-31(42)44-33(5,6)7)28(39)35-25(30(41)43-32(2,3)4)20-22-14-10-9-11-15-22/h1,9-17,25-27,38H,19-21H2,2-7H3,(H,35,39)(H,36,42). The molecule has 11 nitrogen and oxygen atoms in total. The van der Waals surface area contributed by atoms with E-state index in [4.69, 9.17) is 15.9 Å². The molecule has 0 aliphatic heterocycles. The number of hydrogen-bond acceptors (Lipinski definition) is 8. The van der Waals surface area contributed by atoms with Crippen LogP contribution in [0.25, 0.3) is 0 Å². The minimum Gasteiger partial charge on any atom is -0.458 e. The maximum absolute atomic E-state index is 14.2. The first-order valence-corrected chi connectivity index (χ1v) is 14.0. The molecule has 3 unspecified atom stereocenters. The van der Waals surface area contributed by atoms with Crippen molar-refractivity contribution in [2.75, 3.05) is 13.2 Å². The van der Waals surface area contributed by atoms with Gasteiger partial charge in [0, 0.05) is 12.0 Å². The van der Waals surface area contributed by atoms with Crippen molar-refractivity contribution in [3.63, 3.8) is 0 Å². The quantitative estimate of drug-likeness (QED) is 0.201. The number of terminal acetylenes is 1. The molecule has 0 aliphatic rings. The van der Waals surface area contributed by atoms with Crippen molar-refractivity contribution in [2.24, 2.45) is 0 Å². The minimum atomic E-state index is -1.57. The van der Waals surface area contributed by atoms with Crippen molar-refractivity contribution in [1.82, 2.24) is 15.5 Å². The van der Waals surface area contributed by atoms with E-state index in [0.29, 0.717) is 0 Å². The van der Waals surface area contributed by atoms with Crippen molar-refractivity contribution < 1.29 is 33.8 Å². The first-order chi connectivity index (χ1) is 20.6. The Hall–Kier alpha value is -4.87. The molecule has 0 bridgehead atoms. The van der Waals surface area contributed by atoms with Crippen molar-refractivity contribution in [3.8, 4) is 18.4 Å². The SMILES string of the molecule is C#Cc1ccccc1C(C(=O)NC(Cc1ccccc1)C(=O)OC(C)(C)C)N(CC#N)C(=O)C(CO)NC(=O)OC(C)(C)C. The summed E-state index contributed by atoms with van der Waals surface area (Å²) in [6, 6.07) is 12.9. The molecule has 3 N–H and O–H groups in total. The first-order valence-electron chi connectivity index (χ1n) is 14.0. The van der Waals surface area contributed by atoms with Gasteiger partial charge in [-0.2, -0.15) is 5.26 Å². The van der Waals surface area contributed by atoms with E-state index in [1.54, 1.807) is 84.0 Å². The van der Waals surface area contributed by atoms with Gasteiger partial charge in [-0.05, 0) is 58.7 Å². The number of carbonyl (C=O) groups excluding carboxylic acids is 4. The Balaban J connectivity index is 2.59. The van der Waals surface area contributed by atoms with E-state index in [9.17, 15) is 29.5 Å². The molecule has 0 saturated carbocycles. The second-order valence-electron chi connectivity index (χ2n) is 11.9. The molecule has 2 rings (SSSR count). The van der Waals surface area contributed by atoms with Gasteiger partial charge in [0.1, 0.15) is 35.9 Å². The summed E-state index contributed by atoms with van der Waals surface area (Å²) in [5.74, 6) is -0.0190. The lowest BCUT2D eigenvalue weighted by molar-refractivity contribution is -0.159. The zero-order valence-electron chi connectivity index (χ0n) is 25.9. The number of nitriles is 1. The molecule has 3 amide bonds. The summed E-state index contributed by atoms with van der Waals surface area (Å²) in [5, 5.41) is 24.8. The van der Waals surface area contributed by atoms with Gasteiger partial charge in [0.15, 0.2) is 0 Å². The predicted molar refractivity (Wildman–Crippen MR) is 163 cm³/mol. The van der Waals surface area contributed by atoms with Gasteiger partial charge >= 0.3 is 12.1 Å². The Labute approximate surface area is 258 Å². The van der Waals surface area contributed by atoms with Gasteiger partial charge in [-0.25, -0.2) is 9.59 Å². The minimum absolute atomic E-state index is 0.0661. The number of aliphatic hydroxyl groups is 1. The Morgan fingerprint density at radius 3 is 2.05 bits per heavy atom. The molecular weight excluding hydrogens is 564 g/mol. The van der Waals surface area contributed by atoms with E-state index < -0.39 is 66.4 Å². The van der Waals surface area contributed by atoms with Crippen LogP contribution >= 0.6 is 0 Å². The van der Waals surface area contributed by atoms with Gasteiger partial charge in [-0.3, -0.25) is 9.59 Å². The number of aliphatic hydroxyl groups excluding tert-OH is 1. The average Bonchev–Trinajstić information content (AvgIpc) is 2.94. The van der Waals surface area contributed by atoms with Crippen LogP contribution in [-0.2, 0) is 30.3 Å². The van der Waals surface area contributed by atoms with Gasteiger partial charge in [0.05, 0.1) is 12.7 Å². The number of nitrogens with one attached hydrogen (secondary N) is 2. The topological polar surface area (TPSA) is 158 Å². The predicted octanol–water partition coefficient (Wildman–Crippen LogP) is 3.02. The molecule has 234 valence electrons. The fourth-order valence-electron chi connectivity index (χ4n) is 4.19. The molecule has 2 aromatic rings. The van der Waals surface area contributed by atoms with Crippen LogP contribution in [0.15, 0.2) is 54.6 Å². The lowest BCUT2D eigenvalue weighted by atomic mass is 9.96. The van der Waals surface area contributed by atoms with Crippen molar-refractivity contribution in [1.29, 1.82) is 5.26 Å². The molecule has 0 spiro atoms. The number of carbonyl (C=O) groups is 4. The maximum atomic E-state index is 14.2. The number of nitrogens with zero attached hydrogens (tertiary/aromatic N) is 2. The van der Waals surface area contributed by atoms with Crippen LogP contribution in [0.4, 0.5) is 4.79 Å². The molecule has 0 saturated heterocycles. The van der Waals surface area contributed by atoms with Crippen LogP contribution in [0.3, 0.4) is 0 Å². The molecule has 0 heterocycles. The molecule has 0 fully saturated rings. The molecular formula is C33H40N4O7. The number of amides is 3. The molecule has 3 atom stereocenters. The van der Waals surface area contributed by atoms with Crippen LogP contribution in [-0.4, -0.2) is 70.3 Å². The number of alkyl carbamates (subject to hydrolysis) is 1. The molecule has 0 aromatic heterocycles. The Morgan fingerprint density at radius 2 is 1.50 bits per heavy atom. The van der Waals surface area contributed by atoms with E-state index in [2.05, 4.69) is 16.6 Å². The van der Waals surface area contributed by atoms with Crippen LogP contribution in [0, 0.1) is 23.7 Å². The summed E-state index contributed by atoms with van der Waals surface area (Å²) >= 11 is 0. The Kier molecular flexibility index (Phi) is 12.5. The lowest BCUT2D eigenvalue weighted by Gasteiger charge is -2.34. The smallest absolute Gasteiger partial charge is 0.408 e. The summed E-state index contributed by atoms with van der Waals surface area (Å²) in [6.07, 6.45) is 4.81. The number of ether oxygens (including phenoxy) is 2. The first kappa shape index (κ1) is 35.3. The number of hydrogen-bond donors (Lipinski definition) is 3. The number of benzene rings is 2. The third kappa shape index (κ3) is 10.8. The Bertz CT molecular complexity index is 1400. The van der Waals surface area contributed by atoms with Gasteiger partial charge < -0.3 is 30.1 Å². The largest absolute Gasteiger partial charge is 0.458 e. The van der Waals surface area contributed by atoms with Crippen molar-refractivity contribution in [2.45, 2.75) is 77.3 Å². The number of esters is 1. The zero-order chi connectivity index (χ0) is 33.1. The van der Waals surface area contributed by atoms with Crippen LogP contribution in [0.5, 0.6) is 0 Å². The van der Waals surface area contributed by atoms with E-state index in [1.165, 1.54) is 6.07 Å². The normalized spacial score (nSPS) is 13.2. The van der Waals surface area contributed by atoms with E-state index in [1.807, 2.05) is 12.1 Å². The van der Waals surface area contributed by atoms with Crippen LogP contribution in [0.1, 0.15) is 64.3 Å². The summed E-state index contributed by atoms with van der Waals surface area (Å²) in [5.41, 5.74) is -0.593. The monoisotopic (exact) mass is 604 g/mol. The fourth-order valence-corrected chi connectivity index (χ4v) is 4.19. The highest BCUT2D eigenvalue weighted by Crippen LogP contribution is 2.26. The summed E-state index contributed by atoms with van der Waals surface area (Å²) in [4.78, 5) is 54.6. The molecule has 11 heteroatoms. The second kappa shape index (κ2) is 15.6. The Morgan fingerprint density at radius 1 is 0.909 bits per heavy atom. The van der Waals surface area contributed by atoms with E-state index in [0.717, 1.165) is 10.5 Å². The highest BCUT2D eigenvalue weighted by molar-refractivity contribution is 5.94. The lowest BCUT2D eigenvalue weighted by Crippen LogP contribution is -2.56. The number of rotatable bonds is 11. The van der Waals surface area contributed by atoms with Crippen molar-refractivity contribution >= 4 is 23.9 Å². The molecule has 0 aliphatic carbocycles. The van der Waals surface area contributed by atoms with Crippen LogP contribution in [0.2, 0.25) is 0 Å².